The number of rotatable bonds is 3. The minimum atomic E-state index is 0.679. The third-order valence-corrected chi connectivity index (χ3v) is 3.33. The van der Waals surface area contributed by atoms with Gasteiger partial charge in [0.1, 0.15) is 16.4 Å². The molecule has 1 aromatic heterocycles. The zero-order valence-electron chi connectivity index (χ0n) is 10.3. The molecule has 90 valence electrons. The molecule has 1 aromatic carbocycles. The Labute approximate surface area is 105 Å². The Morgan fingerprint density at radius 1 is 1.29 bits per heavy atom. The number of hydrogen-bond acceptors (Lipinski definition) is 4. The number of thiazole rings is 1. The van der Waals surface area contributed by atoms with Crippen molar-refractivity contribution in [1.29, 1.82) is 0 Å². The molecule has 0 amide bonds. The molecule has 0 aliphatic heterocycles. The number of benzene rings is 1. The van der Waals surface area contributed by atoms with E-state index in [9.17, 15) is 0 Å². The molecule has 0 aliphatic carbocycles. The quantitative estimate of drug-likeness (QED) is 0.905. The fraction of sp³-hybridized carbons (Fsp3) is 0.308. The second-order valence-corrected chi connectivity index (χ2v) is 4.82. The third kappa shape index (κ3) is 2.26. The van der Waals surface area contributed by atoms with Crippen LogP contribution in [0.1, 0.15) is 18.1 Å². The fourth-order valence-corrected chi connectivity index (χ4v) is 2.36. The molecule has 2 N–H and O–H groups in total. The standard InChI is InChI=1S/C13H16N2OS/c1-4-16-11-6-8(2)10(5-9(11)3)12-13(14)17-7-15-12/h5-7H,4,14H2,1-3H3. The summed E-state index contributed by atoms with van der Waals surface area (Å²) >= 11 is 1.46. The molecule has 1 heterocycles. The van der Waals surface area contributed by atoms with Crippen LogP contribution in [0.5, 0.6) is 5.75 Å². The van der Waals surface area contributed by atoms with Gasteiger partial charge in [0.05, 0.1) is 12.1 Å². The van der Waals surface area contributed by atoms with Crippen LogP contribution in [0.15, 0.2) is 17.6 Å². The molecule has 0 unspecified atom stereocenters. The molecule has 0 fully saturated rings. The minimum Gasteiger partial charge on any atom is -0.494 e. The Hall–Kier alpha value is -1.55. The fourth-order valence-electron chi connectivity index (χ4n) is 1.81. The monoisotopic (exact) mass is 248 g/mol. The lowest BCUT2D eigenvalue weighted by atomic mass is 10.0. The maximum absolute atomic E-state index is 5.91. The van der Waals surface area contributed by atoms with E-state index in [1.165, 1.54) is 11.3 Å². The van der Waals surface area contributed by atoms with Crippen LogP contribution in [0.3, 0.4) is 0 Å². The van der Waals surface area contributed by atoms with Crippen molar-refractivity contribution in [2.24, 2.45) is 0 Å². The second kappa shape index (κ2) is 4.75. The highest BCUT2D eigenvalue weighted by Crippen LogP contribution is 2.33. The van der Waals surface area contributed by atoms with Gasteiger partial charge in [-0.3, -0.25) is 0 Å². The first-order chi connectivity index (χ1) is 8.13. The van der Waals surface area contributed by atoms with Crippen LogP contribution in [0.4, 0.5) is 5.00 Å². The van der Waals surface area contributed by atoms with E-state index >= 15 is 0 Å². The molecule has 0 bridgehead atoms. The first kappa shape index (κ1) is 11.9. The van der Waals surface area contributed by atoms with E-state index < -0.39 is 0 Å². The van der Waals surface area contributed by atoms with Crippen molar-refractivity contribution < 1.29 is 4.74 Å². The smallest absolute Gasteiger partial charge is 0.122 e. The molecule has 17 heavy (non-hydrogen) atoms. The number of aromatic nitrogens is 1. The molecule has 0 saturated carbocycles. The Kier molecular flexibility index (Phi) is 3.33. The molecule has 2 rings (SSSR count). The normalized spacial score (nSPS) is 10.5. The van der Waals surface area contributed by atoms with Crippen LogP contribution in [0, 0.1) is 13.8 Å². The van der Waals surface area contributed by atoms with Gasteiger partial charge in [-0.1, -0.05) is 0 Å². The Morgan fingerprint density at radius 3 is 2.65 bits per heavy atom. The zero-order chi connectivity index (χ0) is 12.4. The van der Waals surface area contributed by atoms with Gasteiger partial charge < -0.3 is 10.5 Å². The van der Waals surface area contributed by atoms with Crippen molar-refractivity contribution in [3.05, 3.63) is 28.8 Å². The van der Waals surface area contributed by atoms with Gasteiger partial charge in [-0.15, -0.1) is 11.3 Å². The van der Waals surface area contributed by atoms with Crippen LogP contribution >= 0.6 is 11.3 Å². The van der Waals surface area contributed by atoms with E-state index in [-0.39, 0.29) is 0 Å². The summed E-state index contributed by atoms with van der Waals surface area (Å²) in [6, 6.07) is 4.14. The van der Waals surface area contributed by atoms with E-state index in [1.807, 2.05) is 19.9 Å². The van der Waals surface area contributed by atoms with E-state index in [0.717, 1.165) is 33.1 Å². The summed E-state index contributed by atoms with van der Waals surface area (Å²) < 4.78 is 5.57. The molecule has 4 heteroatoms. The van der Waals surface area contributed by atoms with Crippen LogP contribution in [0.25, 0.3) is 11.3 Å². The van der Waals surface area contributed by atoms with Crippen molar-refractivity contribution in [3.63, 3.8) is 0 Å². The van der Waals surface area contributed by atoms with Crippen LogP contribution in [-0.2, 0) is 0 Å². The summed E-state index contributed by atoms with van der Waals surface area (Å²) in [5.74, 6) is 0.933. The van der Waals surface area contributed by atoms with E-state index in [4.69, 9.17) is 10.5 Å². The zero-order valence-corrected chi connectivity index (χ0v) is 11.1. The molecule has 2 aromatic rings. The van der Waals surface area contributed by atoms with Gasteiger partial charge in [0, 0.05) is 5.56 Å². The minimum absolute atomic E-state index is 0.679. The number of ether oxygens (including phenoxy) is 1. The summed E-state index contributed by atoms with van der Waals surface area (Å²) in [5, 5.41) is 0.761. The number of nitrogens with two attached hydrogens (primary N) is 1. The molecule has 0 atom stereocenters. The Balaban J connectivity index is 2.50. The topological polar surface area (TPSA) is 48.1 Å². The molecule has 0 saturated heterocycles. The van der Waals surface area contributed by atoms with E-state index in [1.54, 1.807) is 5.51 Å². The number of anilines is 1. The van der Waals surface area contributed by atoms with E-state index in [0.29, 0.717) is 6.61 Å². The lowest BCUT2D eigenvalue weighted by Crippen LogP contribution is -1.97. The number of hydrogen-bond donors (Lipinski definition) is 1. The van der Waals surface area contributed by atoms with Crippen molar-refractivity contribution in [2.45, 2.75) is 20.8 Å². The maximum atomic E-state index is 5.91. The average molecular weight is 248 g/mol. The van der Waals surface area contributed by atoms with Gasteiger partial charge in [0.2, 0.25) is 0 Å². The highest BCUT2D eigenvalue weighted by Gasteiger charge is 2.11. The molecule has 3 nitrogen and oxygen atoms in total. The maximum Gasteiger partial charge on any atom is 0.122 e. The lowest BCUT2D eigenvalue weighted by molar-refractivity contribution is 0.337. The highest BCUT2D eigenvalue weighted by molar-refractivity contribution is 7.14. The highest BCUT2D eigenvalue weighted by atomic mass is 32.1. The summed E-state index contributed by atoms with van der Waals surface area (Å²) in [4.78, 5) is 4.32. The molecule has 0 spiro atoms. The largest absolute Gasteiger partial charge is 0.494 e. The summed E-state index contributed by atoms with van der Waals surface area (Å²) in [5.41, 5.74) is 11.9. The van der Waals surface area contributed by atoms with Crippen LogP contribution < -0.4 is 10.5 Å². The predicted molar refractivity (Wildman–Crippen MR) is 72.6 cm³/mol. The number of nitrogen functional groups attached to an aromatic ring is 1. The number of aryl methyl sites for hydroxylation is 2. The third-order valence-electron chi connectivity index (χ3n) is 2.67. The van der Waals surface area contributed by atoms with Crippen molar-refractivity contribution in [1.82, 2.24) is 4.98 Å². The predicted octanol–water partition coefficient (Wildman–Crippen LogP) is 3.41. The van der Waals surface area contributed by atoms with Gasteiger partial charge >= 0.3 is 0 Å². The summed E-state index contributed by atoms with van der Waals surface area (Å²) in [6.07, 6.45) is 0. The van der Waals surface area contributed by atoms with Crippen molar-refractivity contribution in [2.75, 3.05) is 12.3 Å². The Bertz CT molecular complexity index is 534. The lowest BCUT2D eigenvalue weighted by Gasteiger charge is -2.11. The molecule has 0 radical (unpaired) electrons. The summed E-state index contributed by atoms with van der Waals surface area (Å²) in [6.45, 7) is 6.76. The SMILES string of the molecule is CCOc1cc(C)c(-c2ncsc2N)cc1C. The first-order valence-corrected chi connectivity index (χ1v) is 6.44. The van der Waals surface area contributed by atoms with Gasteiger partial charge in [0.15, 0.2) is 0 Å². The van der Waals surface area contributed by atoms with Gasteiger partial charge in [-0.05, 0) is 44.0 Å². The molecule has 0 aliphatic rings. The number of nitrogens with zero attached hydrogens (tertiary/aromatic N) is 1. The van der Waals surface area contributed by atoms with Crippen LogP contribution in [-0.4, -0.2) is 11.6 Å². The van der Waals surface area contributed by atoms with E-state index in [2.05, 4.69) is 18.0 Å². The average Bonchev–Trinajstić information content (AvgIpc) is 2.70. The summed E-state index contributed by atoms with van der Waals surface area (Å²) in [7, 11) is 0. The van der Waals surface area contributed by atoms with Crippen LogP contribution in [0.2, 0.25) is 0 Å². The first-order valence-electron chi connectivity index (χ1n) is 5.56. The Morgan fingerprint density at radius 2 is 2.06 bits per heavy atom. The van der Waals surface area contributed by atoms with Gasteiger partial charge in [-0.2, -0.15) is 0 Å². The van der Waals surface area contributed by atoms with Crippen molar-refractivity contribution in [3.8, 4) is 17.0 Å². The molecular formula is C13H16N2OS. The van der Waals surface area contributed by atoms with Crippen molar-refractivity contribution >= 4 is 16.3 Å². The second-order valence-electron chi connectivity index (χ2n) is 3.93. The molecular weight excluding hydrogens is 232 g/mol. The van der Waals surface area contributed by atoms with Gasteiger partial charge in [-0.25, -0.2) is 4.98 Å². The van der Waals surface area contributed by atoms with Gasteiger partial charge in [0.25, 0.3) is 0 Å².